The van der Waals surface area contributed by atoms with E-state index >= 15 is 0 Å². The fourth-order valence-corrected chi connectivity index (χ4v) is 9.48. The number of fused-ring (bicyclic) bond motifs is 7. The molecule has 0 unspecified atom stereocenters. The van der Waals surface area contributed by atoms with E-state index in [0.29, 0.717) is 0 Å². The van der Waals surface area contributed by atoms with Crippen molar-refractivity contribution >= 4 is 71.6 Å². The highest BCUT2D eigenvalue weighted by Crippen LogP contribution is 2.47. The van der Waals surface area contributed by atoms with E-state index in [4.69, 9.17) is 4.42 Å². The molecule has 0 aliphatic heterocycles. The zero-order chi connectivity index (χ0) is 40.3. The van der Waals surface area contributed by atoms with E-state index in [9.17, 15) is 0 Å². The van der Waals surface area contributed by atoms with Gasteiger partial charge < -0.3 is 13.9 Å². The third-order valence-electron chi connectivity index (χ3n) is 12.2. The average molecular weight is 779 g/mol. The number of hydrogen-bond donors (Lipinski definition) is 0. The molecule has 3 nitrogen and oxygen atoms in total. The second-order valence-electron chi connectivity index (χ2n) is 15.6. The summed E-state index contributed by atoms with van der Waals surface area (Å²) in [5, 5.41) is 7.17. The third-order valence-corrected chi connectivity index (χ3v) is 12.2. The van der Waals surface area contributed by atoms with E-state index in [1.54, 1.807) is 0 Å². The first-order valence-corrected chi connectivity index (χ1v) is 20.8. The lowest BCUT2D eigenvalue weighted by Crippen LogP contribution is -2.11. The molecule has 0 bridgehead atoms. The van der Waals surface area contributed by atoms with Gasteiger partial charge in [-0.15, -0.1) is 0 Å². The maximum absolute atomic E-state index is 6.52. The Hall–Kier alpha value is -8.14. The summed E-state index contributed by atoms with van der Waals surface area (Å²) in [6, 6.07) is 83.0. The van der Waals surface area contributed by atoms with Crippen molar-refractivity contribution in [3.63, 3.8) is 0 Å². The molecule has 0 radical (unpaired) electrons. The lowest BCUT2D eigenvalue weighted by Gasteiger charge is -2.29. The van der Waals surface area contributed by atoms with E-state index < -0.39 is 0 Å². The summed E-state index contributed by atoms with van der Waals surface area (Å²) >= 11 is 0. The number of hydrogen-bond acceptors (Lipinski definition) is 2. The summed E-state index contributed by atoms with van der Waals surface area (Å²) in [5.74, 6) is 0. The van der Waals surface area contributed by atoms with Crippen molar-refractivity contribution in [3.05, 3.63) is 231 Å². The monoisotopic (exact) mass is 778 g/mol. The zero-order valence-corrected chi connectivity index (χ0v) is 33.2. The summed E-state index contributed by atoms with van der Waals surface area (Å²) in [7, 11) is 0. The van der Waals surface area contributed by atoms with Crippen LogP contribution in [0.5, 0.6) is 0 Å². The summed E-state index contributed by atoms with van der Waals surface area (Å²) in [6.45, 7) is 0. The van der Waals surface area contributed by atoms with Crippen molar-refractivity contribution in [3.8, 4) is 39.1 Å². The largest absolute Gasteiger partial charge is 0.456 e. The predicted molar refractivity (Wildman–Crippen MR) is 257 cm³/mol. The van der Waals surface area contributed by atoms with Crippen molar-refractivity contribution in [1.82, 2.24) is 4.57 Å². The maximum atomic E-state index is 6.52. The van der Waals surface area contributed by atoms with Crippen LogP contribution >= 0.6 is 0 Å². The normalized spacial score (nSPS) is 11.6. The molecule has 0 N–H and O–H groups in total. The van der Waals surface area contributed by atoms with Crippen molar-refractivity contribution < 1.29 is 4.42 Å². The van der Waals surface area contributed by atoms with Gasteiger partial charge in [0.2, 0.25) is 0 Å². The molecular formula is C58H38N2O. The number of para-hydroxylation sites is 5. The van der Waals surface area contributed by atoms with Crippen LogP contribution in [0.3, 0.4) is 0 Å². The molecule has 286 valence electrons. The number of aromatic nitrogens is 1. The molecule has 2 heterocycles. The molecule has 3 heteroatoms. The highest BCUT2D eigenvalue weighted by atomic mass is 16.3. The molecule has 0 atom stereocenters. The van der Waals surface area contributed by atoms with Gasteiger partial charge in [0.25, 0.3) is 0 Å². The Bertz CT molecular complexity index is 3540. The first kappa shape index (κ1) is 34.9. The molecule has 0 spiro atoms. The van der Waals surface area contributed by atoms with Crippen LogP contribution in [0.2, 0.25) is 0 Å². The molecule has 0 aliphatic rings. The smallest absolute Gasteiger partial charge is 0.136 e. The van der Waals surface area contributed by atoms with E-state index in [2.05, 4.69) is 234 Å². The van der Waals surface area contributed by atoms with Gasteiger partial charge in [0.05, 0.1) is 22.4 Å². The fourth-order valence-electron chi connectivity index (χ4n) is 9.48. The minimum atomic E-state index is 0.867. The van der Waals surface area contributed by atoms with Crippen molar-refractivity contribution in [2.24, 2.45) is 0 Å². The Labute approximate surface area is 353 Å². The first-order valence-electron chi connectivity index (χ1n) is 20.8. The number of anilines is 3. The molecule has 0 aliphatic carbocycles. The Morgan fingerprint density at radius 1 is 0.344 bits per heavy atom. The number of furan rings is 1. The van der Waals surface area contributed by atoms with Crippen LogP contribution in [0.4, 0.5) is 17.1 Å². The molecule has 12 rings (SSSR count). The van der Waals surface area contributed by atoms with Gasteiger partial charge in [-0.3, -0.25) is 0 Å². The summed E-state index contributed by atoms with van der Waals surface area (Å²) in [5.41, 5.74) is 15.4. The quantitative estimate of drug-likeness (QED) is 0.161. The summed E-state index contributed by atoms with van der Waals surface area (Å²) in [4.78, 5) is 2.39. The highest BCUT2D eigenvalue weighted by molar-refractivity contribution is 6.14. The Morgan fingerprint density at radius 3 is 1.70 bits per heavy atom. The van der Waals surface area contributed by atoms with Crippen LogP contribution in [0.1, 0.15) is 0 Å². The van der Waals surface area contributed by atoms with Crippen LogP contribution in [-0.4, -0.2) is 4.57 Å². The Kier molecular flexibility index (Phi) is 8.17. The Balaban J connectivity index is 1.10. The van der Waals surface area contributed by atoms with Gasteiger partial charge in [-0.05, 0) is 99.8 Å². The van der Waals surface area contributed by atoms with Crippen LogP contribution in [-0.2, 0) is 0 Å². The molecular weight excluding hydrogens is 741 g/mol. The molecule has 0 fully saturated rings. The zero-order valence-electron chi connectivity index (χ0n) is 33.2. The highest BCUT2D eigenvalue weighted by Gasteiger charge is 2.23. The van der Waals surface area contributed by atoms with E-state index in [0.717, 1.165) is 66.9 Å². The maximum Gasteiger partial charge on any atom is 0.136 e. The van der Waals surface area contributed by atoms with Gasteiger partial charge in [0.15, 0.2) is 0 Å². The van der Waals surface area contributed by atoms with Crippen molar-refractivity contribution in [2.45, 2.75) is 0 Å². The molecule has 12 aromatic rings. The second kappa shape index (κ2) is 14.3. The number of benzene rings is 10. The van der Waals surface area contributed by atoms with Gasteiger partial charge >= 0.3 is 0 Å². The van der Waals surface area contributed by atoms with Crippen LogP contribution in [0, 0.1) is 0 Å². The first-order chi connectivity index (χ1) is 30.3. The standard InChI is InChI=1S/C58H38N2O/c1-2-18-42(19-3-1)59(43-35-32-40(33-36-43)45-25-14-17-39-16-4-5-20-44(39)45)55-37-34-41(38-51(55)49-26-15-31-57-58(49)50-24-9-13-30-56(50)61-57)46-21-6-10-27-52(46)60-53-28-11-7-22-47(53)48-23-8-12-29-54(48)60/h1-38H. The van der Waals surface area contributed by atoms with Crippen LogP contribution in [0.25, 0.3) is 93.6 Å². The topological polar surface area (TPSA) is 21.3 Å². The molecule has 61 heavy (non-hydrogen) atoms. The molecule has 10 aromatic carbocycles. The lowest BCUT2D eigenvalue weighted by molar-refractivity contribution is 0.669. The molecule has 0 saturated carbocycles. The predicted octanol–water partition coefficient (Wildman–Crippen LogP) is 16.3. The van der Waals surface area contributed by atoms with Crippen molar-refractivity contribution in [2.75, 3.05) is 4.90 Å². The van der Waals surface area contributed by atoms with E-state index in [1.165, 1.54) is 43.7 Å². The van der Waals surface area contributed by atoms with Crippen LogP contribution < -0.4 is 4.90 Å². The van der Waals surface area contributed by atoms with Crippen molar-refractivity contribution in [1.29, 1.82) is 0 Å². The minimum Gasteiger partial charge on any atom is -0.456 e. The molecule has 2 aromatic heterocycles. The van der Waals surface area contributed by atoms with Gasteiger partial charge in [-0.25, -0.2) is 0 Å². The third kappa shape index (κ3) is 5.74. The summed E-state index contributed by atoms with van der Waals surface area (Å²) in [6.07, 6.45) is 0. The fraction of sp³-hybridized carbons (Fsp3) is 0. The van der Waals surface area contributed by atoms with E-state index in [1.807, 2.05) is 6.07 Å². The molecule has 0 saturated heterocycles. The van der Waals surface area contributed by atoms with Gasteiger partial charge in [0, 0.05) is 44.0 Å². The lowest BCUT2D eigenvalue weighted by atomic mass is 9.92. The Morgan fingerprint density at radius 2 is 0.902 bits per heavy atom. The minimum absolute atomic E-state index is 0.867. The van der Waals surface area contributed by atoms with Gasteiger partial charge in [0.1, 0.15) is 11.2 Å². The molecule has 0 amide bonds. The summed E-state index contributed by atoms with van der Waals surface area (Å²) < 4.78 is 8.94. The number of rotatable bonds is 7. The van der Waals surface area contributed by atoms with E-state index in [-0.39, 0.29) is 0 Å². The second-order valence-corrected chi connectivity index (χ2v) is 15.6. The SMILES string of the molecule is c1ccc(N(c2ccc(-c3cccc4ccccc34)cc2)c2ccc(-c3ccccc3-n3c4ccccc4c4ccccc43)cc2-c2cccc3oc4ccccc4c23)cc1. The van der Waals surface area contributed by atoms with Crippen LogP contribution in [0.15, 0.2) is 235 Å². The number of nitrogens with zero attached hydrogens (tertiary/aromatic N) is 2. The average Bonchev–Trinajstić information content (AvgIpc) is 3.88. The van der Waals surface area contributed by atoms with Gasteiger partial charge in [-0.1, -0.05) is 164 Å². The van der Waals surface area contributed by atoms with Gasteiger partial charge in [-0.2, -0.15) is 0 Å².